The van der Waals surface area contributed by atoms with Gasteiger partial charge in [0.05, 0.1) is 0 Å². The highest BCUT2D eigenvalue weighted by Gasteiger charge is 2.28. The van der Waals surface area contributed by atoms with E-state index < -0.39 is 0 Å². The summed E-state index contributed by atoms with van der Waals surface area (Å²) < 4.78 is 0. The van der Waals surface area contributed by atoms with Crippen LogP contribution in [-0.4, -0.2) is 24.5 Å². The lowest BCUT2D eigenvalue weighted by atomic mass is 9.87. The fourth-order valence-corrected chi connectivity index (χ4v) is 3.15. The van der Waals surface area contributed by atoms with Crippen molar-refractivity contribution in [3.63, 3.8) is 0 Å². The third-order valence-electron chi connectivity index (χ3n) is 3.69. The molecule has 0 aromatic heterocycles. The molecule has 0 spiro atoms. The standard InChI is InChI=1S/C12H23N/c1-10(2)7-12-8-11-3-5-13(9-12)6-4-11/h10-12H,3-9H2,1-2H3. The van der Waals surface area contributed by atoms with Crippen molar-refractivity contribution in [3.05, 3.63) is 0 Å². The van der Waals surface area contributed by atoms with Gasteiger partial charge in [0.2, 0.25) is 0 Å². The van der Waals surface area contributed by atoms with Crippen LogP contribution in [0, 0.1) is 17.8 Å². The van der Waals surface area contributed by atoms with Crippen LogP contribution in [-0.2, 0) is 0 Å². The van der Waals surface area contributed by atoms with Crippen LogP contribution in [0.3, 0.4) is 0 Å². The van der Waals surface area contributed by atoms with E-state index in [1.165, 1.54) is 45.3 Å². The number of piperidine rings is 1. The number of hydrogen-bond acceptors (Lipinski definition) is 1. The first-order valence-electron chi connectivity index (χ1n) is 5.96. The van der Waals surface area contributed by atoms with E-state index in [0.29, 0.717) is 0 Å². The maximum Gasteiger partial charge on any atom is 0.000986 e. The van der Waals surface area contributed by atoms with Crippen molar-refractivity contribution >= 4 is 0 Å². The molecule has 1 atom stereocenters. The van der Waals surface area contributed by atoms with Crippen LogP contribution in [0.25, 0.3) is 0 Å². The summed E-state index contributed by atoms with van der Waals surface area (Å²) in [5.74, 6) is 2.97. The summed E-state index contributed by atoms with van der Waals surface area (Å²) in [6.45, 7) is 8.90. The van der Waals surface area contributed by atoms with Crippen molar-refractivity contribution in [3.8, 4) is 0 Å². The van der Waals surface area contributed by atoms with Gasteiger partial charge in [-0.3, -0.25) is 0 Å². The second-order valence-corrected chi connectivity index (χ2v) is 5.48. The Morgan fingerprint density at radius 2 is 1.92 bits per heavy atom. The largest absolute Gasteiger partial charge is 0.303 e. The van der Waals surface area contributed by atoms with Gasteiger partial charge in [0.1, 0.15) is 0 Å². The van der Waals surface area contributed by atoms with Crippen molar-refractivity contribution in [1.82, 2.24) is 4.90 Å². The molecular weight excluding hydrogens is 158 g/mol. The summed E-state index contributed by atoms with van der Waals surface area (Å²) in [5.41, 5.74) is 0. The lowest BCUT2D eigenvalue weighted by Gasteiger charge is -2.26. The lowest BCUT2D eigenvalue weighted by Crippen LogP contribution is -2.31. The SMILES string of the molecule is CC(C)CC1CC2CCN(CC2)C1. The molecule has 3 aliphatic heterocycles. The predicted molar refractivity (Wildman–Crippen MR) is 56.7 cm³/mol. The van der Waals surface area contributed by atoms with Gasteiger partial charge in [-0.25, -0.2) is 0 Å². The Morgan fingerprint density at radius 1 is 1.23 bits per heavy atom. The Hall–Kier alpha value is -0.0400. The molecule has 3 fully saturated rings. The van der Waals surface area contributed by atoms with Gasteiger partial charge in [-0.2, -0.15) is 0 Å². The molecule has 76 valence electrons. The summed E-state index contributed by atoms with van der Waals surface area (Å²) in [4.78, 5) is 2.69. The van der Waals surface area contributed by atoms with Crippen LogP contribution >= 0.6 is 0 Å². The zero-order valence-corrected chi connectivity index (χ0v) is 9.13. The third kappa shape index (κ3) is 2.46. The minimum atomic E-state index is 0.892. The van der Waals surface area contributed by atoms with Gasteiger partial charge in [0, 0.05) is 6.54 Å². The zero-order valence-electron chi connectivity index (χ0n) is 9.13. The van der Waals surface area contributed by atoms with Crippen LogP contribution in [0.1, 0.15) is 39.5 Å². The van der Waals surface area contributed by atoms with Crippen LogP contribution in [0.2, 0.25) is 0 Å². The smallest absolute Gasteiger partial charge is 0.000986 e. The van der Waals surface area contributed by atoms with Crippen molar-refractivity contribution in [2.75, 3.05) is 19.6 Å². The van der Waals surface area contributed by atoms with Gasteiger partial charge in [-0.1, -0.05) is 13.8 Å². The van der Waals surface area contributed by atoms with Crippen LogP contribution < -0.4 is 0 Å². The highest BCUT2D eigenvalue weighted by atomic mass is 15.1. The third-order valence-corrected chi connectivity index (χ3v) is 3.69. The number of rotatable bonds is 2. The average Bonchev–Trinajstić information content (AvgIpc) is 2.34. The Labute approximate surface area is 82.5 Å². The lowest BCUT2D eigenvalue weighted by molar-refractivity contribution is 0.215. The van der Waals surface area contributed by atoms with E-state index in [9.17, 15) is 0 Å². The molecule has 0 amide bonds. The van der Waals surface area contributed by atoms with Gasteiger partial charge in [0.15, 0.2) is 0 Å². The summed E-state index contributed by atoms with van der Waals surface area (Å²) in [5, 5.41) is 0. The second kappa shape index (κ2) is 4.00. The normalized spacial score (nSPS) is 39.5. The van der Waals surface area contributed by atoms with E-state index in [1.807, 2.05) is 0 Å². The first-order valence-corrected chi connectivity index (χ1v) is 5.96. The molecule has 0 radical (unpaired) electrons. The van der Waals surface area contributed by atoms with Gasteiger partial charge in [0.25, 0.3) is 0 Å². The van der Waals surface area contributed by atoms with Crippen LogP contribution in [0.4, 0.5) is 0 Å². The molecule has 1 heteroatoms. The van der Waals surface area contributed by atoms with Gasteiger partial charge < -0.3 is 4.90 Å². The zero-order chi connectivity index (χ0) is 9.26. The molecule has 1 nitrogen and oxygen atoms in total. The fourth-order valence-electron chi connectivity index (χ4n) is 3.15. The summed E-state index contributed by atoms with van der Waals surface area (Å²) in [6, 6.07) is 0. The van der Waals surface area contributed by atoms with Crippen molar-refractivity contribution in [2.45, 2.75) is 39.5 Å². The molecule has 13 heavy (non-hydrogen) atoms. The molecule has 0 aromatic carbocycles. The first kappa shape index (κ1) is 9.51. The highest BCUT2D eigenvalue weighted by Crippen LogP contribution is 2.32. The van der Waals surface area contributed by atoms with Crippen LogP contribution in [0.15, 0.2) is 0 Å². The molecule has 3 heterocycles. The predicted octanol–water partition coefficient (Wildman–Crippen LogP) is 2.76. The van der Waals surface area contributed by atoms with Crippen molar-refractivity contribution in [2.24, 2.45) is 17.8 Å². The van der Waals surface area contributed by atoms with E-state index in [2.05, 4.69) is 18.7 Å². The topological polar surface area (TPSA) is 3.24 Å². The van der Waals surface area contributed by atoms with Crippen molar-refractivity contribution in [1.29, 1.82) is 0 Å². The van der Waals surface area contributed by atoms with E-state index in [4.69, 9.17) is 0 Å². The maximum atomic E-state index is 2.69. The minimum absolute atomic E-state index is 0.892. The maximum absolute atomic E-state index is 2.69. The molecular formula is C12H23N. The highest BCUT2D eigenvalue weighted by molar-refractivity contribution is 4.82. The first-order chi connectivity index (χ1) is 6.24. The molecule has 0 aromatic rings. The average molecular weight is 181 g/mol. The van der Waals surface area contributed by atoms with E-state index in [0.717, 1.165) is 17.8 Å². The fraction of sp³-hybridized carbons (Fsp3) is 1.00. The summed E-state index contributed by atoms with van der Waals surface area (Å²) in [6.07, 6.45) is 5.94. The van der Waals surface area contributed by atoms with Crippen LogP contribution in [0.5, 0.6) is 0 Å². The summed E-state index contributed by atoms with van der Waals surface area (Å²) >= 11 is 0. The quantitative estimate of drug-likeness (QED) is 0.633. The number of fused-ring (bicyclic) bond motifs is 4. The molecule has 1 unspecified atom stereocenters. The molecule has 0 aliphatic carbocycles. The Kier molecular flexibility index (Phi) is 2.92. The number of hydrogen-bond donors (Lipinski definition) is 0. The minimum Gasteiger partial charge on any atom is -0.303 e. The molecule has 3 rings (SSSR count). The van der Waals surface area contributed by atoms with Gasteiger partial charge in [-0.05, 0) is 56.5 Å². The molecule has 2 bridgehead atoms. The Morgan fingerprint density at radius 3 is 2.54 bits per heavy atom. The second-order valence-electron chi connectivity index (χ2n) is 5.48. The molecule has 0 N–H and O–H groups in total. The van der Waals surface area contributed by atoms with Gasteiger partial charge in [-0.15, -0.1) is 0 Å². The Bertz CT molecular complexity index is 143. The summed E-state index contributed by atoms with van der Waals surface area (Å²) in [7, 11) is 0. The van der Waals surface area contributed by atoms with E-state index >= 15 is 0 Å². The molecule has 0 saturated carbocycles. The number of nitrogens with zero attached hydrogens (tertiary/aromatic N) is 1. The van der Waals surface area contributed by atoms with E-state index in [-0.39, 0.29) is 0 Å². The monoisotopic (exact) mass is 181 g/mol. The molecule has 3 aliphatic rings. The van der Waals surface area contributed by atoms with E-state index in [1.54, 1.807) is 0 Å². The Balaban J connectivity index is 1.91. The molecule has 3 saturated heterocycles. The van der Waals surface area contributed by atoms with Crippen molar-refractivity contribution < 1.29 is 0 Å². The van der Waals surface area contributed by atoms with Gasteiger partial charge >= 0.3 is 0 Å².